The largest absolute Gasteiger partial charge is 1.00 e. The van der Waals surface area contributed by atoms with Gasteiger partial charge in [0, 0.05) is 52.3 Å². The predicted molar refractivity (Wildman–Crippen MR) is 217 cm³/mol. The maximum absolute atomic E-state index is 12.7. The molecule has 1 atom stereocenters. The van der Waals surface area contributed by atoms with Crippen molar-refractivity contribution in [2.45, 2.75) is 88.4 Å². The summed E-state index contributed by atoms with van der Waals surface area (Å²) in [6.07, 6.45) is -0.532. The van der Waals surface area contributed by atoms with Crippen LogP contribution in [0.2, 0.25) is 0 Å². The SMILES string of the molecule is CC(=O)c1ccc(C)c(-c2ccc3c(n2)n(C)c(=O)n3CC(C)(C)C)c1.Cc1ccc(C(C)O)cc1-c1ccc2c(n1)n(C)c(=O)n2CC(C)(C)C.[B].[H-].[Na+]. The Morgan fingerprint density at radius 3 is 1.52 bits per heavy atom. The number of carbonyl (C=O) groups is 1. The second kappa shape index (κ2) is 16.8. The summed E-state index contributed by atoms with van der Waals surface area (Å²) in [7, 11) is 3.51. The Balaban J connectivity index is 0.000000360. The zero-order chi connectivity index (χ0) is 38.4. The summed E-state index contributed by atoms with van der Waals surface area (Å²) < 4.78 is 6.78. The van der Waals surface area contributed by atoms with Gasteiger partial charge in [-0.2, -0.15) is 0 Å². The zero-order valence-electron chi connectivity index (χ0n) is 35.2. The number of hydrogen-bond acceptors (Lipinski definition) is 6. The van der Waals surface area contributed by atoms with E-state index in [0.717, 1.165) is 50.2 Å². The number of Topliss-reactive ketones (excluding diaryl/α,β-unsaturated/α-hetero) is 1. The van der Waals surface area contributed by atoms with Crippen LogP contribution >= 0.6 is 0 Å². The minimum atomic E-state index is -0.532. The molecule has 0 spiro atoms. The topological polar surface area (TPSA) is 117 Å². The minimum Gasteiger partial charge on any atom is -1.00 e. The summed E-state index contributed by atoms with van der Waals surface area (Å²) in [5.74, 6) is 0.0241. The molecule has 0 fully saturated rings. The van der Waals surface area contributed by atoms with Crippen LogP contribution in [0.3, 0.4) is 0 Å². The van der Waals surface area contributed by atoms with Gasteiger partial charge in [-0.05, 0) is 91.6 Å². The van der Waals surface area contributed by atoms with Crippen molar-refractivity contribution < 1.29 is 40.9 Å². The van der Waals surface area contributed by atoms with Gasteiger partial charge in [0.25, 0.3) is 0 Å². The zero-order valence-corrected chi connectivity index (χ0v) is 36.2. The number of rotatable bonds is 6. The molecular formula is C42H53BN6NaO4. The number of nitrogens with zero attached hydrogens (tertiary/aromatic N) is 6. The number of aromatic nitrogens is 6. The fourth-order valence-electron chi connectivity index (χ4n) is 6.39. The molecular weight excluding hydrogens is 686 g/mol. The third kappa shape index (κ3) is 9.43. The molecule has 54 heavy (non-hydrogen) atoms. The normalized spacial score (nSPS) is 12.2. The van der Waals surface area contributed by atoms with Crippen LogP contribution in [0.4, 0.5) is 0 Å². The van der Waals surface area contributed by atoms with Crippen LogP contribution in [0.1, 0.15) is 90.0 Å². The van der Waals surface area contributed by atoms with E-state index in [1.54, 1.807) is 46.2 Å². The maximum Gasteiger partial charge on any atom is 1.00 e. The number of aryl methyl sites for hydroxylation is 4. The van der Waals surface area contributed by atoms with Crippen molar-refractivity contribution in [1.82, 2.24) is 28.2 Å². The molecule has 0 saturated carbocycles. The van der Waals surface area contributed by atoms with Gasteiger partial charge in [-0.15, -0.1) is 0 Å². The maximum atomic E-state index is 12.7. The van der Waals surface area contributed by atoms with Gasteiger partial charge < -0.3 is 6.53 Å². The van der Waals surface area contributed by atoms with E-state index in [0.29, 0.717) is 29.9 Å². The van der Waals surface area contributed by atoms with Gasteiger partial charge in [-0.25, -0.2) is 19.6 Å². The van der Waals surface area contributed by atoms with E-state index < -0.39 is 6.10 Å². The molecule has 6 rings (SSSR count). The Labute approximate surface area is 343 Å². The van der Waals surface area contributed by atoms with E-state index in [-0.39, 0.29) is 67.4 Å². The van der Waals surface area contributed by atoms with Gasteiger partial charge in [0.15, 0.2) is 17.1 Å². The first-order valence-corrected chi connectivity index (χ1v) is 17.7. The first-order chi connectivity index (χ1) is 24.2. The number of fused-ring (bicyclic) bond motifs is 2. The van der Waals surface area contributed by atoms with E-state index in [9.17, 15) is 19.5 Å². The number of aliphatic hydroxyl groups is 1. The Morgan fingerprint density at radius 2 is 1.13 bits per heavy atom. The average Bonchev–Trinajstić information content (AvgIpc) is 3.43. The molecule has 12 heteroatoms. The van der Waals surface area contributed by atoms with Crippen LogP contribution in [-0.2, 0) is 27.2 Å². The molecule has 2 aromatic carbocycles. The summed E-state index contributed by atoms with van der Waals surface area (Å²) in [5, 5.41) is 9.88. The summed E-state index contributed by atoms with van der Waals surface area (Å²) in [5.41, 5.74) is 9.99. The Hall–Kier alpha value is -4.03. The van der Waals surface area contributed by atoms with Crippen LogP contribution in [-0.4, -0.2) is 47.5 Å². The van der Waals surface area contributed by atoms with Crippen LogP contribution < -0.4 is 40.9 Å². The van der Waals surface area contributed by atoms with Gasteiger partial charge in [0.1, 0.15) is 0 Å². The third-order valence-corrected chi connectivity index (χ3v) is 9.17. The van der Waals surface area contributed by atoms with Crippen molar-refractivity contribution in [3.63, 3.8) is 0 Å². The summed E-state index contributed by atoms with van der Waals surface area (Å²) in [6.45, 7) is 21.3. The van der Waals surface area contributed by atoms with Crippen molar-refractivity contribution in [3.05, 3.63) is 104 Å². The fraction of sp³-hybridized carbons (Fsp3) is 0.405. The number of imidazole rings is 2. The quantitative estimate of drug-likeness (QED) is 0.199. The minimum absolute atomic E-state index is 0. The second-order valence-electron chi connectivity index (χ2n) is 16.4. The average molecular weight is 740 g/mol. The van der Waals surface area contributed by atoms with Crippen molar-refractivity contribution in [2.24, 2.45) is 24.9 Å². The first kappa shape index (κ1) is 44.4. The number of hydrogen-bond donors (Lipinski definition) is 1. The Bertz CT molecular complexity index is 2450. The van der Waals surface area contributed by atoms with E-state index in [1.165, 1.54) is 0 Å². The van der Waals surface area contributed by atoms with Gasteiger partial charge in [-0.1, -0.05) is 65.8 Å². The molecule has 4 aromatic heterocycles. The second-order valence-corrected chi connectivity index (χ2v) is 16.4. The number of benzene rings is 2. The fourth-order valence-corrected chi connectivity index (χ4v) is 6.39. The predicted octanol–water partition coefficient (Wildman–Crippen LogP) is 4.50. The molecule has 0 aliphatic rings. The number of pyridine rings is 2. The monoisotopic (exact) mass is 739 g/mol. The van der Waals surface area contributed by atoms with Crippen molar-refractivity contribution in [3.8, 4) is 22.5 Å². The molecule has 0 aliphatic heterocycles. The third-order valence-electron chi connectivity index (χ3n) is 9.17. The summed E-state index contributed by atoms with van der Waals surface area (Å²) in [4.78, 5) is 46.6. The smallest absolute Gasteiger partial charge is 1.00 e. The number of ketones is 1. The van der Waals surface area contributed by atoms with E-state index in [2.05, 4.69) is 41.5 Å². The van der Waals surface area contributed by atoms with Crippen molar-refractivity contribution in [2.75, 3.05) is 0 Å². The van der Waals surface area contributed by atoms with Crippen LogP contribution in [0.15, 0.2) is 70.3 Å². The molecule has 4 heterocycles. The summed E-state index contributed by atoms with van der Waals surface area (Å²) >= 11 is 0. The van der Waals surface area contributed by atoms with Crippen LogP contribution in [0, 0.1) is 24.7 Å². The molecule has 0 aliphatic carbocycles. The molecule has 279 valence electrons. The Morgan fingerprint density at radius 1 is 0.722 bits per heavy atom. The number of aliphatic hydroxyl groups excluding tert-OH is 1. The number of carbonyl (C=O) groups excluding carboxylic acids is 1. The molecule has 1 unspecified atom stereocenters. The van der Waals surface area contributed by atoms with Gasteiger partial charge >= 0.3 is 40.9 Å². The standard InChI is InChI=1S/C21H27N3O2.C21H25N3O2.B.Na.H/c2*1-13-7-8-15(14(2)25)11-16(13)17-9-10-18-19(22-17)23(6)20(26)24(18)12-21(3,4)5;;;/h7-11,14,25H,12H2,1-6H3;7-11H,12H2,1-6H3;;;/q;;;+1;-1. The van der Waals surface area contributed by atoms with Crippen molar-refractivity contribution in [1.29, 1.82) is 0 Å². The van der Waals surface area contributed by atoms with E-state index in [1.807, 2.05) is 74.5 Å². The molecule has 0 amide bonds. The molecule has 0 bridgehead atoms. The van der Waals surface area contributed by atoms with Gasteiger partial charge in [-0.3, -0.25) is 23.1 Å². The first-order valence-electron chi connectivity index (χ1n) is 17.7. The molecule has 3 radical (unpaired) electrons. The van der Waals surface area contributed by atoms with Gasteiger partial charge in [0.05, 0.1) is 28.5 Å². The molecule has 0 saturated heterocycles. The Kier molecular flexibility index (Phi) is 13.8. The molecule has 10 nitrogen and oxygen atoms in total. The van der Waals surface area contributed by atoms with Crippen LogP contribution in [0.25, 0.3) is 44.8 Å². The molecule has 6 aromatic rings. The summed E-state index contributed by atoms with van der Waals surface area (Å²) in [6, 6.07) is 19.3. The van der Waals surface area contributed by atoms with E-state index in [4.69, 9.17) is 9.97 Å². The van der Waals surface area contributed by atoms with Crippen molar-refractivity contribution >= 4 is 36.5 Å². The molecule has 1 N–H and O–H groups in total. The van der Waals surface area contributed by atoms with Gasteiger partial charge in [0.2, 0.25) is 0 Å². The van der Waals surface area contributed by atoms with Crippen LogP contribution in [0.5, 0.6) is 0 Å². The van der Waals surface area contributed by atoms with E-state index >= 15 is 0 Å².